The standard InChI is InChI=1S/C12H7F3N2O/c13-8-2-3-10(9(14)5-8)17-12(18)7-1-4-11(15)16-6-7/h1-6H,(H,17,18). The average Bonchev–Trinajstić information content (AvgIpc) is 2.33. The van der Waals surface area contributed by atoms with Crippen molar-refractivity contribution in [3.63, 3.8) is 0 Å². The van der Waals surface area contributed by atoms with E-state index in [1.807, 2.05) is 0 Å². The van der Waals surface area contributed by atoms with Gasteiger partial charge in [-0.2, -0.15) is 4.39 Å². The third-order valence-electron chi connectivity index (χ3n) is 2.17. The monoisotopic (exact) mass is 252 g/mol. The Kier molecular flexibility index (Phi) is 3.27. The Morgan fingerprint density at radius 2 is 1.89 bits per heavy atom. The minimum absolute atomic E-state index is 0.0696. The topological polar surface area (TPSA) is 42.0 Å². The van der Waals surface area contributed by atoms with Crippen LogP contribution in [0.25, 0.3) is 0 Å². The smallest absolute Gasteiger partial charge is 0.257 e. The Balaban J connectivity index is 2.18. The lowest BCUT2D eigenvalue weighted by molar-refractivity contribution is 0.102. The van der Waals surface area contributed by atoms with Gasteiger partial charge in [-0.1, -0.05) is 0 Å². The van der Waals surface area contributed by atoms with Crippen LogP contribution in [0.5, 0.6) is 0 Å². The summed E-state index contributed by atoms with van der Waals surface area (Å²) >= 11 is 0. The molecule has 0 aliphatic heterocycles. The van der Waals surface area contributed by atoms with Gasteiger partial charge in [-0.25, -0.2) is 13.8 Å². The molecule has 1 aromatic heterocycles. The van der Waals surface area contributed by atoms with Crippen LogP contribution in [0.4, 0.5) is 18.9 Å². The Morgan fingerprint density at radius 3 is 2.50 bits per heavy atom. The van der Waals surface area contributed by atoms with Crippen molar-refractivity contribution in [2.24, 2.45) is 0 Å². The van der Waals surface area contributed by atoms with Gasteiger partial charge in [0.15, 0.2) is 0 Å². The maximum atomic E-state index is 13.3. The van der Waals surface area contributed by atoms with Gasteiger partial charge in [0, 0.05) is 12.3 Å². The molecule has 1 heterocycles. The lowest BCUT2D eigenvalue weighted by atomic mass is 10.2. The first-order valence-electron chi connectivity index (χ1n) is 4.94. The fourth-order valence-electron chi connectivity index (χ4n) is 1.30. The number of anilines is 1. The van der Waals surface area contributed by atoms with E-state index >= 15 is 0 Å². The zero-order chi connectivity index (χ0) is 13.1. The van der Waals surface area contributed by atoms with Crippen molar-refractivity contribution in [1.82, 2.24) is 4.98 Å². The molecule has 0 radical (unpaired) electrons. The van der Waals surface area contributed by atoms with Gasteiger partial charge in [0.05, 0.1) is 11.3 Å². The number of rotatable bonds is 2. The van der Waals surface area contributed by atoms with Crippen LogP contribution in [0.1, 0.15) is 10.4 Å². The molecule has 3 nitrogen and oxygen atoms in total. The summed E-state index contributed by atoms with van der Waals surface area (Å²) in [6, 6.07) is 4.98. The Morgan fingerprint density at radius 1 is 1.11 bits per heavy atom. The molecule has 0 aliphatic rings. The third-order valence-corrected chi connectivity index (χ3v) is 2.17. The molecule has 0 bridgehead atoms. The molecule has 0 saturated heterocycles. The SMILES string of the molecule is O=C(Nc1ccc(F)cc1F)c1ccc(F)nc1. The van der Waals surface area contributed by atoms with Crippen LogP contribution in [-0.4, -0.2) is 10.9 Å². The molecule has 18 heavy (non-hydrogen) atoms. The number of benzene rings is 1. The van der Waals surface area contributed by atoms with E-state index in [0.717, 1.165) is 24.4 Å². The minimum atomic E-state index is -0.890. The predicted octanol–water partition coefficient (Wildman–Crippen LogP) is 2.75. The minimum Gasteiger partial charge on any atom is -0.319 e. The van der Waals surface area contributed by atoms with Crippen LogP contribution in [-0.2, 0) is 0 Å². The number of hydrogen-bond acceptors (Lipinski definition) is 2. The lowest BCUT2D eigenvalue weighted by Crippen LogP contribution is -2.13. The Bertz CT molecular complexity index is 584. The van der Waals surface area contributed by atoms with Crippen LogP contribution < -0.4 is 5.32 Å². The van der Waals surface area contributed by atoms with Crippen molar-refractivity contribution >= 4 is 11.6 Å². The molecule has 1 aromatic carbocycles. The summed E-state index contributed by atoms with van der Waals surface area (Å²) in [6.45, 7) is 0. The summed E-state index contributed by atoms with van der Waals surface area (Å²) in [5.41, 5.74) is -0.0918. The first-order chi connectivity index (χ1) is 8.56. The van der Waals surface area contributed by atoms with Gasteiger partial charge in [0.1, 0.15) is 11.6 Å². The van der Waals surface area contributed by atoms with Gasteiger partial charge >= 0.3 is 0 Å². The van der Waals surface area contributed by atoms with Gasteiger partial charge in [-0.05, 0) is 24.3 Å². The maximum absolute atomic E-state index is 13.3. The average molecular weight is 252 g/mol. The van der Waals surface area contributed by atoms with Gasteiger partial charge in [0.2, 0.25) is 5.95 Å². The lowest BCUT2D eigenvalue weighted by Gasteiger charge is -2.06. The zero-order valence-electron chi connectivity index (χ0n) is 8.95. The molecule has 1 N–H and O–H groups in total. The summed E-state index contributed by atoms with van der Waals surface area (Å²) in [5, 5.41) is 2.23. The molecule has 0 atom stereocenters. The number of nitrogens with one attached hydrogen (secondary N) is 1. The summed E-state index contributed by atoms with van der Waals surface area (Å²) in [6.07, 6.45) is 1.02. The number of nitrogens with zero attached hydrogens (tertiary/aromatic N) is 1. The van der Waals surface area contributed by atoms with E-state index in [4.69, 9.17) is 0 Å². The third kappa shape index (κ3) is 2.65. The molecule has 1 amide bonds. The summed E-state index contributed by atoms with van der Waals surface area (Å²) in [5.74, 6) is -3.01. The molecular formula is C12H7F3N2O. The molecular weight excluding hydrogens is 245 g/mol. The van der Waals surface area contributed by atoms with E-state index in [-0.39, 0.29) is 11.3 Å². The number of carbonyl (C=O) groups excluding carboxylic acids is 1. The first-order valence-corrected chi connectivity index (χ1v) is 4.94. The van der Waals surface area contributed by atoms with E-state index in [0.29, 0.717) is 6.07 Å². The van der Waals surface area contributed by atoms with Crippen LogP contribution in [0, 0.1) is 17.6 Å². The predicted molar refractivity (Wildman–Crippen MR) is 58.5 cm³/mol. The fourth-order valence-corrected chi connectivity index (χ4v) is 1.30. The van der Waals surface area contributed by atoms with Crippen LogP contribution in [0.15, 0.2) is 36.5 Å². The number of pyridine rings is 1. The van der Waals surface area contributed by atoms with Crippen LogP contribution in [0.2, 0.25) is 0 Å². The van der Waals surface area contributed by atoms with E-state index in [9.17, 15) is 18.0 Å². The van der Waals surface area contributed by atoms with Crippen molar-refractivity contribution < 1.29 is 18.0 Å². The Labute approximate surface area is 100 Å². The van der Waals surface area contributed by atoms with Crippen molar-refractivity contribution in [3.8, 4) is 0 Å². The van der Waals surface area contributed by atoms with Crippen molar-refractivity contribution in [2.45, 2.75) is 0 Å². The summed E-state index contributed by atoms with van der Waals surface area (Å²) in [7, 11) is 0. The van der Waals surface area contributed by atoms with Gasteiger partial charge in [0.25, 0.3) is 5.91 Å². The molecule has 0 fully saturated rings. The zero-order valence-corrected chi connectivity index (χ0v) is 8.95. The molecule has 2 rings (SSSR count). The number of amides is 1. The normalized spacial score (nSPS) is 10.2. The van der Waals surface area contributed by atoms with E-state index < -0.39 is 23.5 Å². The van der Waals surface area contributed by atoms with E-state index in [1.54, 1.807) is 0 Å². The number of aromatic nitrogens is 1. The number of hydrogen-bond donors (Lipinski definition) is 1. The quantitative estimate of drug-likeness (QED) is 0.835. The molecule has 0 saturated carbocycles. The molecule has 92 valence electrons. The summed E-state index contributed by atoms with van der Waals surface area (Å²) in [4.78, 5) is 14.9. The highest BCUT2D eigenvalue weighted by molar-refractivity contribution is 6.04. The van der Waals surface area contributed by atoms with Crippen molar-refractivity contribution in [1.29, 1.82) is 0 Å². The van der Waals surface area contributed by atoms with Crippen molar-refractivity contribution in [2.75, 3.05) is 5.32 Å². The Hall–Kier alpha value is -2.37. The highest BCUT2D eigenvalue weighted by atomic mass is 19.1. The number of carbonyl (C=O) groups is 1. The highest BCUT2D eigenvalue weighted by Crippen LogP contribution is 2.15. The first kappa shape index (κ1) is 12.1. The molecule has 2 aromatic rings. The van der Waals surface area contributed by atoms with Gasteiger partial charge in [-0.3, -0.25) is 4.79 Å². The highest BCUT2D eigenvalue weighted by Gasteiger charge is 2.10. The molecule has 0 unspecified atom stereocenters. The second-order valence-electron chi connectivity index (χ2n) is 3.45. The maximum Gasteiger partial charge on any atom is 0.257 e. The summed E-state index contributed by atoms with van der Waals surface area (Å²) < 4.78 is 38.4. The molecule has 6 heteroatoms. The molecule has 0 aliphatic carbocycles. The second-order valence-corrected chi connectivity index (χ2v) is 3.45. The largest absolute Gasteiger partial charge is 0.319 e. The van der Waals surface area contributed by atoms with Crippen LogP contribution >= 0.6 is 0 Å². The molecule has 0 spiro atoms. The van der Waals surface area contributed by atoms with Crippen LogP contribution in [0.3, 0.4) is 0 Å². The second kappa shape index (κ2) is 4.87. The van der Waals surface area contributed by atoms with Gasteiger partial charge < -0.3 is 5.32 Å². The van der Waals surface area contributed by atoms with E-state index in [2.05, 4.69) is 10.3 Å². The fraction of sp³-hybridized carbons (Fsp3) is 0. The van der Waals surface area contributed by atoms with E-state index in [1.165, 1.54) is 6.07 Å². The van der Waals surface area contributed by atoms with Crippen molar-refractivity contribution in [3.05, 3.63) is 59.7 Å². The number of halogens is 3. The van der Waals surface area contributed by atoms with Gasteiger partial charge in [-0.15, -0.1) is 0 Å².